The summed E-state index contributed by atoms with van der Waals surface area (Å²) in [6.45, 7) is 54.0. The summed E-state index contributed by atoms with van der Waals surface area (Å²) in [5, 5.41) is 6.02. The van der Waals surface area contributed by atoms with Gasteiger partial charge in [-0.05, 0) is 132 Å². The summed E-state index contributed by atoms with van der Waals surface area (Å²) in [5.74, 6) is 2.09. The summed E-state index contributed by atoms with van der Waals surface area (Å²) in [6, 6.07) is 46.7. The van der Waals surface area contributed by atoms with Crippen molar-refractivity contribution in [2.75, 3.05) is 131 Å². The number of hydrogen-bond acceptors (Lipinski definition) is 12. The maximum absolute atomic E-state index is 12.1. The molecule has 11 rings (SSSR count). The Morgan fingerprint density at radius 1 is 0.396 bits per heavy atom. The molecule has 5 saturated heterocycles. The molecule has 17 heteroatoms. The van der Waals surface area contributed by atoms with Crippen LogP contribution in [0.25, 0.3) is 0 Å². The quantitative estimate of drug-likeness (QED) is 0.0997. The molecule has 6 heterocycles. The third-order valence-electron chi connectivity index (χ3n) is 20.7. The van der Waals surface area contributed by atoms with Gasteiger partial charge in [-0.25, -0.2) is 4.98 Å². The molecule has 0 spiro atoms. The minimum absolute atomic E-state index is 0.0804. The fourth-order valence-electron chi connectivity index (χ4n) is 12.8. The Morgan fingerprint density at radius 2 is 0.730 bits per heavy atom. The van der Waals surface area contributed by atoms with E-state index in [0.29, 0.717) is 65.3 Å². The first kappa shape index (κ1) is 92.1. The molecule has 6 aromatic rings. The predicted molar refractivity (Wildman–Crippen MR) is 454 cm³/mol. The van der Waals surface area contributed by atoms with E-state index in [4.69, 9.17) is 18.9 Å². The molecule has 5 amide bonds. The maximum atomic E-state index is 12.1. The van der Waals surface area contributed by atoms with E-state index in [1.54, 1.807) is 19.0 Å². The first-order chi connectivity index (χ1) is 52.2. The van der Waals surface area contributed by atoms with Crippen LogP contribution in [0.15, 0.2) is 140 Å². The molecular weight excluding hydrogens is 1390 g/mol. The number of benzene rings is 5. The normalized spacial score (nSPS) is 15.9. The van der Waals surface area contributed by atoms with Gasteiger partial charge in [-0.15, -0.1) is 0 Å². The lowest BCUT2D eigenvalue weighted by atomic mass is 9.86. The Bertz CT molecular complexity index is 3710. The molecule has 0 unspecified atom stereocenters. The van der Waals surface area contributed by atoms with E-state index in [2.05, 4.69) is 284 Å². The Kier molecular flexibility index (Phi) is 36.5. The van der Waals surface area contributed by atoms with Crippen LogP contribution in [0, 0.1) is 5.92 Å². The molecule has 2 N–H and O–H groups in total. The number of rotatable bonds is 15. The van der Waals surface area contributed by atoms with E-state index in [1.165, 1.54) is 38.9 Å². The first-order valence-electron chi connectivity index (χ1n) is 40.7. The molecule has 0 saturated carbocycles. The van der Waals surface area contributed by atoms with E-state index in [-0.39, 0.29) is 67.9 Å². The average Bonchev–Trinajstić information content (AvgIpc) is 1.31. The second-order valence-electron chi connectivity index (χ2n) is 36.5. The number of likely N-dealkylation sites (tertiary alicyclic amines) is 1. The van der Waals surface area contributed by atoms with Crippen LogP contribution in [0.3, 0.4) is 0 Å². The van der Waals surface area contributed by atoms with E-state index in [9.17, 15) is 24.0 Å². The highest BCUT2D eigenvalue weighted by atomic mass is 16.5. The van der Waals surface area contributed by atoms with Gasteiger partial charge in [0.1, 0.15) is 5.82 Å². The monoisotopic (exact) mass is 1530 g/mol. The molecular formula is C94H140N8O9. The second-order valence-corrected chi connectivity index (χ2v) is 36.5. The summed E-state index contributed by atoms with van der Waals surface area (Å²) in [5.41, 5.74) is 14.6. The van der Waals surface area contributed by atoms with Crippen LogP contribution < -0.4 is 15.5 Å². The summed E-state index contributed by atoms with van der Waals surface area (Å²) < 4.78 is 21.1. The number of pyridine rings is 1. The zero-order chi connectivity index (χ0) is 81.6. The van der Waals surface area contributed by atoms with Crippen LogP contribution in [0.5, 0.6) is 0 Å². The lowest BCUT2D eigenvalue weighted by Gasteiger charge is -2.28. The van der Waals surface area contributed by atoms with Crippen molar-refractivity contribution < 1.29 is 42.9 Å². The summed E-state index contributed by atoms with van der Waals surface area (Å²) >= 11 is 0. The SMILES string of the molecule is CC(C)(C)c1ccc(CC(=O)N2CCCC2)cc1.CC(C)(C)c1ccc(CC(=O)N2CCOCC2)cc1.CC(C)(C)c1ccc(CNC(=O)C2CCOCC2)cc1.CC(C)(C)c1ccc(CNC(=O)CN2CCOCC2)cc1.CC(C)(C)c1ccc(N2CCOCC2)nc1.CN(C)C(=O)CCc1ccc(C(C)(C)C)cc1. The van der Waals surface area contributed by atoms with Crippen molar-refractivity contribution in [3.63, 3.8) is 0 Å². The summed E-state index contributed by atoms with van der Waals surface area (Å²) in [4.78, 5) is 74.0. The number of anilines is 1. The fourth-order valence-corrected chi connectivity index (χ4v) is 12.8. The van der Waals surface area contributed by atoms with Gasteiger partial charge in [0.25, 0.3) is 0 Å². The molecule has 111 heavy (non-hydrogen) atoms. The first-order valence-corrected chi connectivity index (χ1v) is 40.7. The molecule has 1 aromatic heterocycles. The molecule has 5 aliphatic rings. The molecule has 5 fully saturated rings. The van der Waals surface area contributed by atoms with E-state index in [1.807, 2.05) is 16.0 Å². The Hall–Kier alpha value is -7.80. The number of aryl methyl sites for hydroxylation is 1. The third kappa shape index (κ3) is 33.8. The van der Waals surface area contributed by atoms with E-state index < -0.39 is 0 Å². The van der Waals surface area contributed by atoms with Gasteiger partial charge in [0.15, 0.2) is 0 Å². The molecule has 17 nitrogen and oxygen atoms in total. The highest BCUT2D eigenvalue weighted by molar-refractivity contribution is 5.80. The van der Waals surface area contributed by atoms with Gasteiger partial charge in [-0.3, -0.25) is 28.9 Å². The largest absolute Gasteiger partial charge is 0.381 e. The number of carbonyl (C=O) groups excluding carboxylic acids is 5. The molecule has 0 radical (unpaired) electrons. The lowest BCUT2D eigenvalue weighted by molar-refractivity contribution is -0.134. The van der Waals surface area contributed by atoms with Crippen LogP contribution in [0.1, 0.15) is 218 Å². The fraction of sp³-hybridized carbons (Fsp3) is 0.574. The molecule has 5 aromatic carbocycles. The molecule has 0 aliphatic carbocycles. The number of hydrogen-bond donors (Lipinski definition) is 2. The molecule has 0 bridgehead atoms. The highest BCUT2D eigenvalue weighted by Crippen LogP contribution is 2.29. The van der Waals surface area contributed by atoms with Crippen molar-refractivity contribution in [2.45, 2.75) is 222 Å². The van der Waals surface area contributed by atoms with Gasteiger partial charge < -0.3 is 49.2 Å². The van der Waals surface area contributed by atoms with Crippen molar-refractivity contribution in [1.29, 1.82) is 0 Å². The predicted octanol–water partition coefficient (Wildman–Crippen LogP) is 15.7. The number of aromatic nitrogens is 1. The highest BCUT2D eigenvalue weighted by Gasteiger charge is 2.25. The van der Waals surface area contributed by atoms with Gasteiger partial charge in [-0.2, -0.15) is 0 Å². The number of amides is 5. The number of ether oxygens (including phenoxy) is 4. The van der Waals surface area contributed by atoms with Gasteiger partial charge in [0, 0.05) is 111 Å². The van der Waals surface area contributed by atoms with Crippen LogP contribution >= 0.6 is 0 Å². The van der Waals surface area contributed by atoms with Crippen molar-refractivity contribution in [1.82, 2.24) is 35.2 Å². The van der Waals surface area contributed by atoms with Crippen LogP contribution in [0.2, 0.25) is 0 Å². The summed E-state index contributed by atoms with van der Waals surface area (Å²) in [7, 11) is 3.59. The molecule has 610 valence electrons. The zero-order valence-corrected chi connectivity index (χ0v) is 71.8. The molecule has 5 aliphatic heterocycles. The van der Waals surface area contributed by atoms with E-state index >= 15 is 0 Å². The van der Waals surface area contributed by atoms with Crippen LogP contribution in [-0.2, 0) is 108 Å². The van der Waals surface area contributed by atoms with Crippen molar-refractivity contribution in [3.05, 3.63) is 201 Å². The van der Waals surface area contributed by atoms with Gasteiger partial charge in [0.05, 0.1) is 59.0 Å². The number of morpholine rings is 3. The van der Waals surface area contributed by atoms with Crippen LogP contribution in [-0.4, -0.2) is 180 Å². The minimum Gasteiger partial charge on any atom is -0.381 e. The number of carbonyl (C=O) groups is 5. The van der Waals surface area contributed by atoms with Gasteiger partial charge >= 0.3 is 0 Å². The standard InChI is InChI=1S/C17H26N2O2.C17H25NO2.C16H23NO2.C16H23NO.C15H23NO.C13H20N2O/c1-17(2,3)15-6-4-14(5-7-15)12-18-16(20)13-19-8-10-21-11-9-19;1-17(2,3)15-6-4-13(5-7-15)12-18-16(19)14-8-10-20-11-9-14;1-16(2,3)14-6-4-13(5-7-14)12-15(18)17-8-10-19-11-9-17;1-16(2,3)14-8-6-13(7-9-14)12-15(18)17-10-4-5-11-17;1-15(2,3)13-9-6-12(7-10-13)8-11-14(17)16(4)5;1-13(2,3)11-4-5-12(14-10-11)15-6-8-16-9-7-15/h4-7H,8-13H2,1-3H3,(H,18,20);4-7,14H,8-12H2,1-3H3,(H,18,19);4-7H,8-12H2,1-3H3;6-9H,4-5,10-12H2,1-3H3;6-7,9-10H,8,11H2,1-5H3;4-5,10H,6-9H2,1-3H3. The topological polar surface area (TPSA) is 175 Å². The minimum atomic E-state index is 0.0804. The Labute approximate surface area is 669 Å². The van der Waals surface area contributed by atoms with Gasteiger partial charge in [0.2, 0.25) is 29.5 Å². The maximum Gasteiger partial charge on any atom is 0.234 e. The second kappa shape index (κ2) is 44.0. The van der Waals surface area contributed by atoms with Crippen molar-refractivity contribution >= 4 is 35.4 Å². The van der Waals surface area contributed by atoms with Crippen LogP contribution in [0.4, 0.5) is 5.82 Å². The van der Waals surface area contributed by atoms with Gasteiger partial charge in [-0.1, -0.05) is 252 Å². The smallest absolute Gasteiger partial charge is 0.234 e. The summed E-state index contributed by atoms with van der Waals surface area (Å²) in [6.07, 6.45) is 8.44. The van der Waals surface area contributed by atoms with Crippen molar-refractivity contribution in [2.24, 2.45) is 5.92 Å². The number of nitrogens with one attached hydrogen (secondary N) is 2. The molecule has 0 atom stereocenters. The lowest BCUT2D eigenvalue weighted by Crippen LogP contribution is -2.43. The van der Waals surface area contributed by atoms with E-state index in [0.717, 1.165) is 139 Å². The Balaban J connectivity index is 0.000000208. The average molecular weight is 1530 g/mol. The third-order valence-corrected chi connectivity index (χ3v) is 20.7. The number of nitrogens with zero attached hydrogens (tertiary/aromatic N) is 6. The zero-order valence-electron chi connectivity index (χ0n) is 71.8. The van der Waals surface area contributed by atoms with Crippen molar-refractivity contribution in [3.8, 4) is 0 Å². The Morgan fingerprint density at radius 3 is 1.10 bits per heavy atom.